The summed E-state index contributed by atoms with van der Waals surface area (Å²) in [6, 6.07) is 12.5. The van der Waals surface area contributed by atoms with Gasteiger partial charge >= 0.3 is 6.18 Å². The van der Waals surface area contributed by atoms with Crippen molar-refractivity contribution in [1.29, 1.82) is 0 Å². The molecule has 0 aliphatic carbocycles. The number of ether oxygens (including phenoxy) is 1. The van der Waals surface area contributed by atoms with E-state index < -0.39 is 40.0 Å². The van der Waals surface area contributed by atoms with Crippen molar-refractivity contribution in [3.05, 3.63) is 83.2 Å². The molecule has 1 saturated heterocycles. The number of nitrogens with two attached hydrogens (primary N) is 1. The number of carbonyl (C=O) groups excluding carboxylic acids is 1. The molecule has 0 saturated carbocycles. The quantitative estimate of drug-likeness (QED) is 0.406. The molecule has 1 fully saturated rings. The Bertz CT molecular complexity index is 1430. The smallest absolute Gasteiger partial charge is 0.416 e. The average molecular weight is 564 g/mol. The number of aliphatic hydroxyl groups is 1. The Hall–Kier alpha value is -3.64. The number of primary amides is 1. The van der Waals surface area contributed by atoms with Crippen LogP contribution in [-0.4, -0.2) is 56.0 Å². The zero-order chi connectivity index (χ0) is 28.4. The minimum atomic E-state index is -4.42. The van der Waals surface area contributed by atoms with Crippen LogP contribution < -0.4 is 15.4 Å². The first-order valence-electron chi connectivity index (χ1n) is 12.2. The van der Waals surface area contributed by atoms with E-state index in [0.717, 1.165) is 17.8 Å². The molecule has 12 heteroatoms. The number of amides is 1. The van der Waals surface area contributed by atoms with Crippen LogP contribution in [-0.2, 0) is 16.0 Å². The molecule has 1 amide bonds. The Morgan fingerprint density at radius 1 is 1.18 bits per heavy atom. The minimum Gasteiger partial charge on any atom is -0.489 e. The standard InChI is InChI=1S/C27H28F3N3O5S/c1-2-39(36,37)21-8-10-25(32-14-21)24(16-34)23-13-18(5-9-22(23)26(31)35)33-12-11-20(15-33)38-19-6-3-17(4-7-19)27(28,29)30/h3-10,13-14,20,24,34H,2,11-12,15-16H2,1H3,(H2,31,35)/t20-,24+/m0/s1. The molecule has 3 aromatic rings. The summed E-state index contributed by atoms with van der Waals surface area (Å²) in [4.78, 5) is 18.5. The summed E-state index contributed by atoms with van der Waals surface area (Å²) in [5, 5.41) is 10.2. The second kappa shape index (κ2) is 11.2. The van der Waals surface area contributed by atoms with Gasteiger partial charge in [0.1, 0.15) is 11.9 Å². The number of aromatic nitrogens is 1. The Balaban J connectivity index is 1.55. The van der Waals surface area contributed by atoms with E-state index in [-0.39, 0.29) is 22.3 Å². The molecular weight excluding hydrogens is 535 g/mol. The minimum absolute atomic E-state index is 0.0606. The third-order valence-electron chi connectivity index (χ3n) is 6.71. The lowest BCUT2D eigenvalue weighted by atomic mass is 9.90. The molecule has 0 radical (unpaired) electrons. The number of halogens is 3. The van der Waals surface area contributed by atoms with E-state index in [2.05, 4.69) is 4.98 Å². The summed E-state index contributed by atoms with van der Waals surface area (Å²) >= 11 is 0. The Kier molecular flexibility index (Phi) is 8.17. The van der Waals surface area contributed by atoms with E-state index in [4.69, 9.17) is 10.5 Å². The van der Waals surface area contributed by atoms with E-state index in [9.17, 15) is 31.5 Å². The molecule has 1 aliphatic rings. The van der Waals surface area contributed by atoms with Crippen LogP contribution in [0.4, 0.5) is 18.9 Å². The topological polar surface area (TPSA) is 123 Å². The van der Waals surface area contributed by atoms with Crippen LogP contribution in [0.2, 0.25) is 0 Å². The number of rotatable bonds is 9. The second-order valence-corrected chi connectivity index (χ2v) is 11.5. The number of alkyl halides is 3. The molecule has 2 heterocycles. The van der Waals surface area contributed by atoms with Gasteiger partial charge in [0.15, 0.2) is 9.84 Å². The summed E-state index contributed by atoms with van der Waals surface area (Å²) in [7, 11) is -3.46. The number of hydrogen-bond acceptors (Lipinski definition) is 7. The van der Waals surface area contributed by atoms with E-state index in [1.807, 2.05) is 4.90 Å². The third-order valence-corrected chi connectivity index (χ3v) is 8.43. The number of hydrogen-bond donors (Lipinski definition) is 2. The van der Waals surface area contributed by atoms with Gasteiger partial charge in [-0.3, -0.25) is 9.78 Å². The lowest BCUT2D eigenvalue weighted by molar-refractivity contribution is -0.137. The Labute approximate surface area is 224 Å². The second-order valence-electron chi connectivity index (χ2n) is 9.19. The highest BCUT2D eigenvalue weighted by molar-refractivity contribution is 7.91. The number of aliphatic hydroxyl groups excluding tert-OH is 1. The van der Waals surface area contributed by atoms with Gasteiger partial charge in [0.2, 0.25) is 5.91 Å². The molecule has 2 aromatic carbocycles. The van der Waals surface area contributed by atoms with E-state index >= 15 is 0 Å². The molecule has 1 aromatic heterocycles. The van der Waals surface area contributed by atoms with Crippen LogP contribution in [0.3, 0.4) is 0 Å². The van der Waals surface area contributed by atoms with Crippen molar-refractivity contribution < 1.29 is 36.2 Å². The van der Waals surface area contributed by atoms with Crippen molar-refractivity contribution in [3.8, 4) is 5.75 Å². The predicted octanol–water partition coefficient (Wildman–Crippen LogP) is 3.77. The maximum Gasteiger partial charge on any atom is 0.416 e. The molecule has 0 unspecified atom stereocenters. The number of benzene rings is 2. The van der Waals surface area contributed by atoms with Gasteiger partial charge in [-0.2, -0.15) is 13.2 Å². The predicted molar refractivity (Wildman–Crippen MR) is 139 cm³/mol. The maximum absolute atomic E-state index is 12.8. The first kappa shape index (κ1) is 28.4. The van der Waals surface area contributed by atoms with E-state index in [1.165, 1.54) is 37.4 Å². The lowest BCUT2D eigenvalue weighted by Crippen LogP contribution is -2.25. The van der Waals surface area contributed by atoms with Gasteiger partial charge in [0.25, 0.3) is 0 Å². The summed E-state index contributed by atoms with van der Waals surface area (Å²) in [5.41, 5.74) is 6.60. The number of pyridine rings is 1. The summed E-state index contributed by atoms with van der Waals surface area (Å²) < 4.78 is 68.6. The van der Waals surface area contributed by atoms with Crippen LogP contribution in [0.1, 0.15) is 46.4 Å². The van der Waals surface area contributed by atoms with Crippen LogP contribution in [0.25, 0.3) is 0 Å². The highest BCUT2D eigenvalue weighted by atomic mass is 32.2. The number of nitrogens with zero attached hydrogens (tertiary/aromatic N) is 2. The molecule has 0 spiro atoms. The SMILES string of the molecule is CCS(=O)(=O)c1ccc([C@H](CO)c2cc(N3CC[C@H](Oc4ccc(C(F)(F)F)cc4)C3)ccc2C(N)=O)nc1. The van der Waals surface area contributed by atoms with Gasteiger partial charge in [0, 0.05) is 30.4 Å². The van der Waals surface area contributed by atoms with Crippen molar-refractivity contribution >= 4 is 21.4 Å². The monoisotopic (exact) mass is 563 g/mol. The largest absolute Gasteiger partial charge is 0.489 e. The van der Waals surface area contributed by atoms with Crippen LogP contribution >= 0.6 is 0 Å². The van der Waals surface area contributed by atoms with Crippen molar-refractivity contribution in [2.45, 2.75) is 36.4 Å². The first-order chi connectivity index (χ1) is 18.4. The van der Waals surface area contributed by atoms with Crippen LogP contribution in [0.15, 0.2) is 65.7 Å². The maximum atomic E-state index is 12.8. The molecule has 2 atom stereocenters. The molecule has 208 valence electrons. The number of carbonyl (C=O) groups is 1. The molecule has 3 N–H and O–H groups in total. The van der Waals surface area contributed by atoms with Crippen molar-refractivity contribution in [2.75, 3.05) is 30.3 Å². The lowest BCUT2D eigenvalue weighted by Gasteiger charge is -2.23. The van der Waals surface area contributed by atoms with Gasteiger partial charge in [-0.25, -0.2) is 8.42 Å². The molecule has 4 rings (SSSR count). The van der Waals surface area contributed by atoms with Crippen LogP contribution in [0, 0.1) is 0 Å². The Morgan fingerprint density at radius 2 is 1.90 bits per heavy atom. The normalized spacial score (nSPS) is 16.7. The van der Waals surface area contributed by atoms with Crippen molar-refractivity contribution in [1.82, 2.24) is 4.98 Å². The van der Waals surface area contributed by atoms with Gasteiger partial charge < -0.3 is 20.5 Å². The first-order valence-corrected chi connectivity index (χ1v) is 13.9. The highest BCUT2D eigenvalue weighted by Gasteiger charge is 2.31. The molecular formula is C27H28F3N3O5S. The van der Waals surface area contributed by atoms with Gasteiger partial charge in [-0.1, -0.05) is 6.92 Å². The zero-order valence-electron chi connectivity index (χ0n) is 21.1. The number of anilines is 1. The summed E-state index contributed by atoms with van der Waals surface area (Å²) in [5.74, 6) is -1.18. The fraction of sp³-hybridized carbons (Fsp3) is 0.333. The number of sulfone groups is 1. The van der Waals surface area contributed by atoms with Crippen LogP contribution in [0.5, 0.6) is 5.75 Å². The van der Waals surface area contributed by atoms with E-state index in [1.54, 1.807) is 18.2 Å². The van der Waals surface area contributed by atoms with Gasteiger partial charge in [-0.15, -0.1) is 0 Å². The van der Waals surface area contributed by atoms with Gasteiger partial charge in [0.05, 0.1) is 41.0 Å². The molecule has 39 heavy (non-hydrogen) atoms. The molecule has 1 aliphatic heterocycles. The van der Waals surface area contributed by atoms with Gasteiger partial charge in [-0.05, 0) is 60.2 Å². The average Bonchev–Trinajstić information content (AvgIpc) is 3.37. The van der Waals surface area contributed by atoms with Crippen molar-refractivity contribution in [3.63, 3.8) is 0 Å². The Morgan fingerprint density at radius 3 is 2.46 bits per heavy atom. The summed E-state index contributed by atoms with van der Waals surface area (Å²) in [6.45, 7) is 2.16. The van der Waals surface area contributed by atoms with E-state index in [0.29, 0.717) is 36.5 Å². The molecule has 0 bridgehead atoms. The molecule has 8 nitrogen and oxygen atoms in total. The fourth-order valence-corrected chi connectivity index (χ4v) is 5.36. The fourth-order valence-electron chi connectivity index (χ4n) is 4.53. The summed E-state index contributed by atoms with van der Waals surface area (Å²) in [6.07, 6.45) is -2.85. The third kappa shape index (κ3) is 6.34. The zero-order valence-corrected chi connectivity index (χ0v) is 21.9. The van der Waals surface area contributed by atoms with Crippen molar-refractivity contribution in [2.24, 2.45) is 5.73 Å². The highest BCUT2D eigenvalue weighted by Crippen LogP contribution is 2.33.